The average Bonchev–Trinajstić information content (AvgIpc) is 2.90. The number of sulfonamides is 1. The van der Waals surface area contributed by atoms with Gasteiger partial charge in [0, 0.05) is 12.1 Å². The number of halogens is 1. The third-order valence-corrected chi connectivity index (χ3v) is 4.33. The molecule has 0 aliphatic rings. The van der Waals surface area contributed by atoms with E-state index < -0.39 is 15.8 Å². The highest BCUT2D eigenvalue weighted by Gasteiger charge is 2.22. The Hall–Kier alpha value is -1.93. The molecule has 0 saturated carbocycles. The number of nitrogens with one attached hydrogen (secondary N) is 3. The van der Waals surface area contributed by atoms with Crippen LogP contribution >= 0.6 is 0 Å². The lowest BCUT2D eigenvalue weighted by Crippen LogP contribution is -2.19. The van der Waals surface area contributed by atoms with Gasteiger partial charge in [-0.25, -0.2) is 4.39 Å². The predicted octanol–water partition coefficient (Wildman–Crippen LogP) is 1.77. The van der Waals surface area contributed by atoms with Crippen LogP contribution in [0, 0.1) is 12.7 Å². The zero-order valence-electron chi connectivity index (χ0n) is 11.8. The van der Waals surface area contributed by atoms with Crippen LogP contribution in [0.25, 0.3) is 0 Å². The van der Waals surface area contributed by atoms with E-state index in [2.05, 4.69) is 20.2 Å². The number of aryl methyl sites for hydroxylation is 1. The molecule has 0 unspecified atom stereocenters. The van der Waals surface area contributed by atoms with Crippen LogP contribution < -0.4 is 10.0 Å². The minimum absolute atomic E-state index is 0.0542. The second-order valence-electron chi connectivity index (χ2n) is 4.54. The van der Waals surface area contributed by atoms with E-state index in [0.29, 0.717) is 24.2 Å². The van der Waals surface area contributed by atoms with Gasteiger partial charge < -0.3 is 5.32 Å². The lowest BCUT2D eigenvalue weighted by molar-refractivity contribution is 0.591. The molecule has 0 radical (unpaired) electrons. The Kier molecular flexibility index (Phi) is 4.59. The zero-order chi connectivity index (χ0) is 15.5. The van der Waals surface area contributed by atoms with Crippen molar-refractivity contribution in [2.75, 3.05) is 11.3 Å². The Morgan fingerprint density at radius 1 is 1.38 bits per heavy atom. The smallest absolute Gasteiger partial charge is 0.279 e. The van der Waals surface area contributed by atoms with Crippen molar-refractivity contribution in [2.24, 2.45) is 0 Å². The van der Waals surface area contributed by atoms with Gasteiger partial charge in [-0.15, -0.1) is 0 Å². The standard InChI is InChI=1S/C13H17FN4O2S/c1-3-15-7-10-8-16-17-13(10)21(19,20)18-12-9(2)5-4-6-11(12)14/h4-6,8,15,18H,3,7H2,1-2H3,(H,16,17). The number of hydrogen-bond acceptors (Lipinski definition) is 4. The first-order valence-electron chi connectivity index (χ1n) is 6.46. The van der Waals surface area contributed by atoms with Gasteiger partial charge in [-0.2, -0.15) is 13.5 Å². The highest BCUT2D eigenvalue weighted by molar-refractivity contribution is 7.92. The third kappa shape index (κ3) is 3.40. The molecule has 0 atom stereocenters. The molecule has 2 rings (SSSR count). The fraction of sp³-hybridized carbons (Fsp3) is 0.308. The highest BCUT2D eigenvalue weighted by atomic mass is 32.2. The van der Waals surface area contributed by atoms with Crippen LogP contribution in [0.2, 0.25) is 0 Å². The number of para-hydroxylation sites is 1. The summed E-state index contributed by atoms with van der Waals surface area (Å²) in [5, 5.41) is 9.16. The lowest BCUT2D eigenvalue weighted by Gasteiger charge is -2.11. The Bertz CT molecular complexity index is 707. The summed E-state index contributed by atoms with van der Waals surface area (Å²) >= 11 is 0. The van der Waals surface area contributed by atoms with Gasteiger partial charge in [0.2, 0.25) is 0 Å². The monoisotopic (exact) mass is 312 g/mol. The summed E-state index contributed by atoms with van der Waals surface area (Å²) in [7, 11) is -3.92. The minimum atomic E-state index is -3.92. The van der Waals surface area contributed by atoms with Crippen LogP contribution in [0.5, 0.6) is 0 Å². The molecule has 0 fully saturated rings. The van der Waals surface area contributed by atoms with Crippen LogP contribution in [0.4, 0.5) is 10.1 Å². The molecule has 2 aromatic rings. The van der Waals surface area contributed by atoms with Gasteiger partial charge in [0.1, 0.15) is 5.82 Å². The van der Waals surface area contributed by atoms with Crippen molar-refractivity contribution >= 4 is 15.7 Å². The van der Waals surface area contributed by atoms with Gasteiger partial charge in [0.25, 0.3) is 10.0 Å². The molecule has 0 bridgehead atoms. The summed E-state index contributed by atoms with van der Waals surface area (Å²) in [6.45, 7) is 4.60. The van der Waals surface area contributed by atoms with Gasteiger partial charge in [0.05, 0.1) is 11.9 Å². The summed E-state index contributed by atoms with van der Waals surface area (Å²) in [4.78, 5) is 0. The largest absolute Gasteiger partial charge is 0.313 e. The molecule has 0 aliphatic carbocycles. The van der Waals surface area contributed by atoms with Crippen molar-refractivity contribution in [1.82, 2.24) is 15.5 Å². The Balaban J connectivity index is 2.33. The molecule has 21 heavy (non-hydrogen) atoms. The normalized spacial score (nSPS) is 11.6. The topological polar surface area (TPSA) is 86.9 Å². The number of nitrogens with zero attached hydrogens (tertiary/aromatic N) is 1. The predicted molar refractivity (Wildman–Crippen MR) is 77.9 cm³/mol. The summed E-state index contributed by atoms with van der Waals surface area (Å²) in [6, 6.07) is 4.36. The first kappa shape index (κ1) is 15.5. The maximum absolute atomic E-state index is 13.8. The molecule has 3 N–H and O–H groups in total. The van der Waals surface area contributed by atoms with Crippen molar-refractivity contribution in [2.45, 2.75) is 25.4 Å². The van der Waals surface area contributed by atoms with E-state index in [1.165, 1.54) is 18.3 Å². The molecule has 0 spiro atoms. The molecular weight excluding hydrogens is 295 g/mol. The number of anilines is 1. The van der Waals surface area contributed by atoms with Crippen molar-refractivity contribution in [3.8, 4) is 0 Å². The van der Waals surface area contributed by atoms with Gasteiger partial charge >= 0.3 is 0 Å². The molecule has 1 aromatic carbocycles. The molecular formula is C13H17FN4O2S. The van der Waals surface area contributed by atoms with Crippen LogP contribution in [-0.2, 0) is 16.6 Å². The van der Waals surface area contributed by atoms with E-state index in [4.69, 9.17) is 0 Å². The molecule has 0 aliphatic heterocycles. The van der Waals surface area contributed by atoms with Crippen molar-refractivity contribution in [3.63, 3.8) is 0 Å². The van der Waals surface area contributed by atoms with Gasteiger partial charge in [-0.3, -0.25) is 9.82 Å². The maximum atomic E-state index is 13.8. The van der Waals surface area contributed by atoms with Crippen molar-refractivity contribution < 1.29 is 12.8 Å². The van der Waals surface area contributed by atoms with E-state index in [1.807, 2.05) is 6.92 Å². The second-order valence-corrected chi connectivity index (χ2v) is 6.16. The summed E-state index contributed by atoms with van der Waals surface area (Å²) < 4.78 is 40.8. The van der Waals surface area contributed by atoms with Crippen LogP contribution in [0.3, 0.4) is 0 Å². The fourth-order valence-corrected chi connectivity index (χ4v) is 3.14. The molecule has 8 heteroatoms. The Labute approximate surface area is 122 Å². The molecule has 0 saturated heterocycles. The first-order valence-corrected chi connectivity index (χ1v) is 7.95. The zero-order valence-corrected chi connectivity index (χ0v) is 12.6. The second kappa shape index (κ2) is 6.23. The van der Waals surface area contributed by atoms with Crippen molar-refractivity contribution in [3.05, 3.63) is 41.3 Å². The van der Waals surface area contributed by atoms with Crippen LogP contribution in [0.15, 0.2) is 29.4 Å². The third-order valence-electron chi connectivity index (χ3n) is 2.97. The van der Waals surface area contributed by atoms with E-state index in [9.17, 15) is 12.8 Å². The van der Waals surface area contributed by atoms with Crippen LogP contribution in [-0.4, -0.2) is 25.2 Å². The first-order chi connectivity index (χ1) is 9.95. The van der Waals surface area contributed by atoms with E-state index in [-0.39, 0.29) is 10.7 Å². The van der Waals surface area contributed by atoms with Crippen LogP contribution in [0.1, 0.15) is 18.1 Å². The molecule has 1 aromatic heterocycles. The molecule has 6 nitrogen and oxygen atoms in total. The number of hydrogen-bond donors (Lipinski definition) is 3. The number of H-pyrrole nitrogens is 1. The van der Waals surface area contributed by atoms with Gasteiger partial charge in [0.15, 0.2) is 5.03 Å². The quantitative estimate of drug-likeness (QED) is 0.758. The van der Waals surface area contributed by atoms with Gasteiger partial charge in [-0.05, 0) is 25.1 Å². The Morgan fingerprint density at radius 3 is 2.81 bits per heavy atom. The number of rotatable bonds is 6. The van der Waals surface area contributed by atoms with E-state index in [1.54, 1.807) is 13.0 Å². The highest BCUT2D eigenvalue weighted by Crippen LogP contribution is 2.23. The molecule has 0 amide bonds. The Morgan fingerprint density at radius 2 is 2.14 bits per heavy atom. The van der Waals surface area contributed by atoms with Gasteiger partial charge in [-0.1, -0.05) is 19.1 Å². The number of benzene rings is 1. The summed E-state index contributed by atoms with van der Waals surface area (Å²) in [5.74, 6) is -0.619. The van der Waals surface area contributed by atoms with E-state index in [0.717, 1.165) is 0 Å². The maximum Gasteiger partial charge on any atom is 0.279 e. The average molecular weight is 312 g/mol. The fourth-order valence-electron chi connectivity index (χ4n) is 1.86. The number of aromatic nitrogens is 2. The molecule has 1 heterocycles. The lowest BCUT2D eigenvalue weighted by atomic mass is 10.2. The number of aromatic amines is 1. The van der Waals surface area contributed by atoms with E-state index >= 15 is 0 Å². The molecule has 114 valence electrons. The SMILES string of the molecule is CCNCc1cn[nH]c1S(=O)(=O)Nc1c(C)cccc1F. The summed E-state index contributed by atoms with van der Waals surface area (Å²) in [6.07, 6.45) is 1.44. The summed E-state index contributed by atoms with van der Waals surface area (Å²) in [5.41, 5.74) is 0.950. The van der Waals surface area contributed by atoms with Crippen molar-refractivity contribution in [1.29, 1.82) is 0 Å². The minimum Gasteiger partial charge on any atom is -0.313 e.